The van der Waals surface area contributed by atoms with Crippen LogP contribution in [0.2, 0.25) is 0 Å². The molecule has 0 saturated heterocycles. The standard InChI is InChI=1S/C12H17NO4/c1-7(4-8(6-13)12(16)17)10-3-2-9(14)5-11(10)15/h2-3,5,7-8,14-15H,4,6,13H2,1H3,(H,16,17). The molecule has 1 rings (SSSR count). The molecular weight excluding hydrogens is 222 g/mol. The molecule has 5 nitrogen and oxygen atoms in total. The van der Waals surface area contributed by atoms with Gasteiger partial charge < -0.3 is 21.1 Å². The third-order valence-electron chi connectivity index (χ3n) is 2.82. The van der Waals surface area contributed by atoms with Crippen molar-refractivity contribution in [2.75, 3.05) is 6.54 Å². The minimum Gasteiger partial charge on any atom is -0.508 e. The number of phenolic OH excluding ortho intramolecular Hbond substituents is 2. The van der Waals surface area contributed by atoms with E-state index in [0.29, 0.717) is 12.0 Å². The molecule has 0 aliphatic heterocycles. The maximum absolute atomic E-state index is 10.9. The van der Waals surface area contributed by atoms with Gasteiger partial charge in [0.1, 0.15) is 11.5 Å². The van der Waals surface area contributed by atoms with Crippen LogP contribution in [0, 0.1) is 5.92 Å². The molecule has 0 aliphatic carbocycles. The largest absolute Gasteiger partial charge is 0.508 e. The molecule has 0 aliphatic rings. The van der Waals surface area contributed by atoms with Crippen LogP contribution < -0.4 is 5.73 Å². The molecule has 0 saturated carbocycles. The smallest absolute Gasteiger partial charge is 0.307 e. The number of carbonyl (C=O) groups is 1. The molecule has 1 aromatic rings. The van der Waals surface area contributed by atoms with Crippen molar-refractivity contribution in [3.8, 4) is 11.5 Å². The lowest BCUT2D eigenvalue weighted by atomic mass is 9.89. The van der Waals surface area contributed by atoms with Gasteiger partial charge in [0.05, 0.1) is 5.92 Å². The zero-order valence-electron chi connectivity index (χ0n) is 9.63. The Balaban J connectivity index is 2.82. The summed E-state index contributed by atoms with van der Waals surface area (Å²) in [6, 6.07) is 4.29. The van der Waals surface area contributed by atoms with Crippen molar-refractivity contribution in [2.45, 2.75) is 19.3 Å². The van der Waals surface area contributed by atoms with E-state index >= 15 is 0 Å². The van der Waals surface area contributed by atoms with Gasteiger partial charge in [-0.15, -0.1) is 0 Å². The fraction of sp³-hybridized carbons (Fsp3) is 0.417. The molecule has 94 valence electrons. The third kappa shape index (κ3) is 3.35. The first-order valence-electron chi connectivity index (χ1n) is 5.40. The lowest BCUT2D eigenvalue weighted by Gasteiger charge is -2.17. The first-order valence-corrected chi connectivity index (χ1v) is 5.40. The van der Waals surface area contributed by atoms with E-state index in [-0.39, 0.29) is 24.0 Å². The highest BCUT2D eigenvalue weighted by Gasteiger charge is 2.21. The van der Waals surface area contributed by atoms with Crippen molar-refractivity contribution in [3.05, 3.63) is 23.8 Å². The topological polar surface area (TPSA) is 104 Å². The second-order valence-corrected chi connectivity index (χ2v) is 4.15. The fourth-order valence-corrected chi connectivity index (χ4v) is 1.80. The number of rotatable bonds is 5. The van der Waals surface area contributed by atoms with Gasteiger partial charge in [0, 0.05) is 12.6 Å². The third-order valence-corrected chi connectivity index (χ3v) is 2.82. The first-order chi connectivity index (χ1) is 7.95. The highest BCUT2D eigenvalue weighted by Crippen LogP contribution is 2.32. The Bertz CT molecular complexity index is 405. The van der Waals surface area contributed by atoms with E-state index in [2.05, 4.69) is 0 Å². The van der Waals surface area contributed by atoms with Crippen LogP contribution in [0.25, 0.3) is 0 Å². The Morgan fingerprint density at radius 2 is 2.06 bits per heavy atom. The maximum atomic E-state index is 10.9. The number of phenols is 2. The van der Waals surface area contributed by atoms with Crippen LogP contribution in [-0.4, -0.2) is 27.8 Å². The normalized spacial score (nSPS) is 14.2. The number of aliphatic carboxylic acids is 1. The van der Waals surface area contributed by atoms with Gasteiger partial charge in [-0.25, -0.2) is 0 Å². The molecule has 0 spiro atoms. The molecule has 0 fully saturated rings. The van der Waals surface area contributed by atoms with Crippen molar-refractivity contribution in [3.63, 3.8) is 0 Å². The van der Waals surface area contributed by atoms with E-state index in [4.69, 9.17) is 15.9 Å². The van der Waals surface area contributed by atoms with Crippen molar-refractivity contribution < 1.29 is 20.1 Å². The van der Waals surface area contributed by atoms with Gasteiger partial charge >= 0.3 is 5.97 Å². The molecule has 17 heavy (non-hydrogen) atoms. The van der Waals surface area contributed by atoms with Gasteiger partial charge in [-0.3, -0.25) is 4.79 Å². The number of hydrogen-bond acceptors (Lipinski definition) is 4. The lowest BCUT2D eigenvalue weighted by Crippen LogP contribution is -2.24. The van der Waals surface area contributed by atoms with Gasteiger partial charge in [-0.05, 0) is 24.0 Å². The Hall–Kier alpha value is -1.75. The summed E-state index contributed by atoms with van der Waals surface area (Å²) in [5.41, 5.74) is 5.99. The predicted molar refractivity (Wildman–Crippen MR) is 63.0 cm³/mol. The van der Waals surface area contributed by atoms with Crippen LogP contribution in [0.5, 0.6) is 11.5 Å². The van der Waals surface area contributed by atoms with Gasteiger partial charge in [0.15, 0.2) is 0 Å². The van der Waals surface area contributed by atoms with Gasteiger partial charge in [-0.2, -0.15) is 0 Å². The Kier molecular flexibility index (Phi) is 4.34. The Morgan fingerprint density at radius 3 is 2.53 bits per heavy atom. The summed E-state index contributed by atoms with van der Waals surface area (Å²) in [6.07, 6.45) is 0.351. The number of carboxylic acids is 1. The summed E-state index contributed by atoms with van der Waals surface area (Å²) in [5, 5.41) is 27.7. The number of carboxylic acid groups (broad SMARTS) is 1. The minimum atomic E-state index is -0.933. The molecule has 2 atom stereocenters. The zero-order chi connectivity index (χ0) is 13.0. The summed E-state index contributed by atoms with van der Waals surface area (Å²) in [7, 11) is 0. The molecule has 5 heteroatoms. The van der Waals surface area contributed by atoms with Gasteiger partial charge in [0.2, 0.25) is 0 Å². The van der Waals surface area contributed by atoms with Crippen molar-refractivity contribution in [1.29, 1.82) is 0 Å². The summed E-state index contributed by atoms with van der Waals surface area (Å²) in [4.78, 5) is 10.9. The zero-order valence-corrected chi connectivity index (χ0v) is 9.63. The lowest BCUT2D eigenvalue weighted by molar-refractivity contribution is -0.141. The highest BCUT2D eigenvalue weighted by atomic mass is 16.4. The van der Waals surface area contributed by atoms with E-state index < -0.39 is 11.9 Å². The molecular formula is C12H17NO4. The van der Waals surface area contributed by atoms with E-state index in [0.717, 1.165) is 0 Å². The molecule has 0 heterocycles. The maximum Gasteiger partial charge on any atom is 0.307 e. The van der Waals surface area contributed by atoms with Crippen LogP contribution in [-0.2, 0) is 4.79 Å². The quantitative estimate of drug-likeness (QED) is 0.619. The van der Waals surface area contributed by atoms with E-state index in [1.54, 1.807) is 6.07 Å². The van der Waals surface area contributed by atoms with Crippen LogP contribution in [0.15, 0.2) is 18.2 Å². The SMILES string of the molecule is CC(CC(CN)C(=O)O)c1ccc(O)cc1O. The van der Waals surface area contributed by atoms with Crippen LogP contribution in [0.1, 0.15) is 24.8 Å². The molecule has 0 aromatic heterocycles. The number of benzene rings is 1. The predicted octanol–water partition coefficient (Wildman–Crippen LogP) is 1.25. The summed E-state index contributed by atoms with van der Waals surface area (Å²) in [5.74, 6) is -1.75. The monoisotopic (exact) mass is 239 g/mol. The number of hydrogen-bond donors (Lipinski definition) is 4. The van der Waals surface area contributed by atoms with E-state index in [1.165, 1.54) is 12.1 Å². The van der Waals surface area contributed by atoms with Crippen LogP contribution >= 0.6 is 0 Å². The average molecular weight is 239 g/mol. The summed E-state index contributed by atoms with van der Waals surface area (Å²) in [6.45, 7) is 1.89. The molecule has 0 bridgehead atoms. The number of nitrogens with two attached hydrogens (primary N) is 1. The Labute approximate surface area is 99.5 Å². The average Bonchev–Trinajstić information content (AvgIpc) is 2.24. The Morgan fingerprint density at radius 1 is 1.41 bits per heavy atom. The molecule has 2 unspecified atom stereocenters. The van der Waals surface area contributed by atoms with E-state index in [9.17, 15) is 9.90 Å². The molecule has 5 N–H and O–H groups in total. The van der Waals surface area contributed by atoms with Crippen LogP contribution in [0.4, 0.5) is 0 Å². The van der Waals surface area contributed by atoms with Gasteiger partial charge in [-0.1, -0.05) is 13.0 Å². The van der Waals surface area contributed by atoms with Crippen molar-refractivity contribution in [2.24, 2.45) is 11.7 Å². The second kappa shape index (κ2) is 5.54. The summed E-state index contributed by atoms with van der Waals surface area (Å²) < 4.78 is 0. The minimum absolute atomic E-state index is 0.0212. The molecule has 0 amide bonds. The van der Waals surface area contributed by atoms with Crippen molar-refractivity contribution in [1.82, 2.24) is 0 Å². The summed E-state index contributed by atoms with van der Waals surface area (Å²) >= 11 is 0. The van der Waals surface area contributed by atoms with E-state index in [1.807, 2.05) is 6.92 Å². The van der Waals surface area contributed by atoms with Crippen LogP contribution in [0.3, 0.4) is 0 Å². The van der Waals surface area contributed by atoms with Crippen molar-refractivity contribution >= 4 is 5.97 Å². The fourth-order valence-electron chi connectivity index (χ4n) is 1.80. The number of aromatic hydroxyl groups is 2. The first kappa shape index (κ1) is 13.3. The second-order valence-electron chi connectivity index (χ2n) is 4.15. The highest BCUT2D eigenvalue weighted by molar-refractivity contribution is 5.70. The molecule has 1 aromatic carbocycles. The van der Waals surface area contributed by atoms with Gasteiger partial charge in [0.25, 0.3) is 0 Å². The molecule has 0 radical (unpaired) electrons.